The quantitative estimate of drug-likeness (QED) is 0.861. The second kappa shape index (κ2) is 4.78. The molecule has 0 radical (unpaired) electrons. The lowest BCUT2D eigenvalue weighted by Crippen LogP contribution is -2.22. The first kappa shape index (κ1) is 12.9. The van der Waals surface area contributed by atoms with Crippen LogP contribution in [0, 0.1) is 6.92 Å². The van der Waals surface area contributed by atoms with Crippen LogP contribution in [0.1, 0.15) is 25.0 Å². The summed E-state index contributed by atoms with van der Waals surface area (Å²) in [5.74, 6) is 0.161. The largest absolute Gasteiger partial charge is 0.435 e. The van der Waals surface area contributed by atoms with E-state index in [-0.39, 0.29) is 12.4 Å². The van der Waals surface area contributed by atoms with Gasteiger partial charge in [0.2, 0.25) is 0 Å². The van der Waals surface area contributed by atoms with Crippen LogP contribution >= 0.6 is 0 Å². The van der Waals surface area contributed by atoms with E-state index in [2.05, 4.69) is 4.74 Å². The Kier molecular flexibility index (Phi) is 3.86. The number of hydrogen-bond acceptors (Lipinski definition) is 2. The Morgan fingerprint density at radius 3 is 2.50 bits per heavy atom. The molecule has 1 aromatic rings. The monoisotopic (exact) mass is 230 g/mol. The van der Waals surface area contributed by atoms with Crippen molar-refractivity contribution in [2.45, 2.75) is 32.8 Å². The zero-order valence-electron chi connectivity index (χ0n) is 9.63. The molecular formula is C12H16F2O2. The van der Waals surface area contributed by atoms with Crippen molar-refractivity contribution in [2.75, 3.05) is 6.61 Å². The lowest BCUT2D eigenvalue weighted by Gasteiger charge is -2.23. The summed E-state index contributed by atoms with van der Waals surface area (Å²) in [4.78, 5) is 0. The molecule has 16 heavy (non-hydrogen) atoms. The van der Waals surface area contributed by atoms with Gasteiger partial charge in [0.1, 0.15) is 5.75 Å². The number of alkyl halides is 2. The summed E-state index contributed by atoms with van der Waals surface area (Å²) in [7, 11) is 0. The van der Waals surface area contributed by atoms with Crippen molar-refractivity contribution in [1.82, 2.24) is 0 Å². The number of hydrogen-bond donors (Lipinski definition) is 1. The first-order chi connectivity index (χ1) is 7.36. The van der Waals surface area contributed by atoms with Gasteiger partial charge in [-0.1, -0.05) is 26.0 Å². The molecule has 0 aliphatic carbocycles. The van der Waals surface area contributed by atoms with Gasteiger partial charge in [0.05, 0.1) is 6.61 Å². The Labute approximate surface area is 93.9 Å². The van der Waals surface area contributed by atoms with Crippen molar-refractivity contribution in [3.8, 4) is 5.75 Å². The molecule has 0 bridgehead atoms. The molecule has 4 heteroatoms. The maximum atomic E-state index is 12.1. The molecule has 0 unspecified atom stereocenters. The average molecular weight is 230 g/mol. The molecule has 0 aliphatic heterocycles. The Balaban J connectivity index is 3.07. The third-order valence-electron chi connectivity index (χ3n) is 2.58. The summed E-state index contributed by atoms with van der Waals surface area (Å²) in [6.07, 6.45) is 0. The number of ether oxygens (including phenoxy) is 1. The van der Waals surface area contributed by atoms with E-state index in [1.54, 1.807) is 19.1 Å². The zero-order valence-corrected chi connectivity index (χ0v) is 9.63. The highest BCUT2D eigenvalue weighted by atomic mass is 19.3. The van der Waals surface area contributed by atoms with Crippen LogP contribution in [0.5, 0.6) is 5.75 Å². The molecule has 1 rings (SSSR count). The molecule has 0 spiro atoms. The first-order valence-corrected chi connectivity index (χ1v) is 5.03. The van der Waals surface area contributed by atoms with Gasteiger partial charge in [0.25, 0.3) is 0 Å². The first-order valence-electron chi connectivity index (χ1n) is 5.03. The molecule has 0 saturated heterocycles. The molecule has 0 amide bonds. The van der Waals surface area contributed by atoms with Crippen LogP contribution in [0.25, 0.3) is 0 Å². The van der Waals surface area contributed by atoms with Gasteiger partial charge in [-0.3, -0.25) is 0 Å². The van der Waals surface area contributed by atoms with E-state index in [0.717, 1.165) is 5.56 Å². The van der Waals surface area contributed by atoms with Gasteiger partial charge in [0, 0.05) is 5.41 Å². The normalized spacial score (nSPS) is 11.9. The van der Waals surface area contributed by atoms with E-state index in [1.165, 1.54) is 0 Å². The molecule has 0 aromatic heterocycles. The van der Waals surface area contributed by atoms with Crippen molar-refractivity contribution in [2.24, 2.45) is 0 Å². The maximum absolute atomic E-state index is 12.1. The molecule has 0 aliphatic rings. The Bertz CT molecular complexity index is 362. The fourth-order valence-corrected chi connectivity index (χ4v) is 1.34. The second-order valence-corrected chi connectivity index (χ2v) is 4.40. The van der Waals surface area contributed by atoms with E-state index in [0.29, 0.717) is 5.56 Å². The van der Waals surface area contributed by atoms with Crippen LogP contribution in [0.4, 0.5) is 8.78 Å². The molecule has 1 aromatic carbocycles. The third kappa shape index (κ3) is 2.92. The summed E-state index contributed by atoms with van der Waals surface area (Å²) in [5.41, 5.74) is 0.961. The summed E-state index contributed by atoms with van der Waals surface area (Å²) < 4.78 is 28.7. The number of benzene rings is 1. The van der Waals surface area contributed by atoms with Gasteiger partial charge in [-0.05, 0) is 24.1 Å². The maximum Gasteiger partial charge on any atom is 0.387 e. The number of aliphatic hydroxyl groups is 1. The van der Waals surface area contributed by atoms with Gasteiger partial charge in [-0.2, -0.15) is 8.78 Å². The fourth-order valence-electron chi connectivity index (χ4n) is 1.34. The number of rotatable bonds is 4. The van der Waals surface area contributed by atoms with Crippen molar-refractivity contribution in [3.05, 3.63) is 29.3 Å². The number of aliphatic hydroxyl groups excluding tert-OH is 1. The molecule has 0 atom stereocenters. The minimum atomic E-state index is -2.83. The summed E-state index contributed by atoms with van der Waals surface area (Å²) >= 11 is 0. The van der Waals surface area contributed by atoms with Gasteiger partial charge >= 0.3 is 6.61 Å². The van der Waals surface area contributed by atoms with Crippen LogP contribution in [-0.4, -0.2) is 18.3 Å². The van der Waals surface area contributed by atoms with Crippen molar-refractivity contribution < 1.29 is 18.6 Å². The van der Waals surface area contributed by atoms with Crippen molar-refractivity contribution in [1.29, 1.82) is 0 Å². The van der Waals surface area contributed by atoms with E-state index in [1.807, 2.05) is 19.9 Å². The third-order valence-corrected chi connectivity index (χ3v) is 2.58. The summed E-state index contributed by atoms with van der Waals surface area (Å²) in [6.45, 7) is 2.50. The van der Waals surface area contributed by atoms with E-state index in [9.17, 15) is 13.9 Å². The smallest absolute Gasteiger partial charge is 0.387 e. The van der Waals surface area contributed by atoms with Gasteiger partial charge in [-0.15, -0.1) is 0 Å². The highest BCUT2D eigenvalue weighted by Crippen LogP contribution is 2.29. The van der Waals surface area contributed by atoms with Gasteiger partial charge in [0.15, 0.2) is 0 Å². The summed E-state index contributed by atoms with van der Waals surface area (Å²) in [5, 5.41) is 9.20. The molecule has 0 fully saturated rings. The van der Waals surface area contributed by atoms with Crippen LogP contribution < -0.4 is 4.74 Å². The van der Waals surface area contributed by atoms with E-state index < -0.39 is 12.0 Å². The zero-order chi connectivity index (χ0) is 12.3. The molecule has 90 valence electrons. The van der Waals surface area contributed by atoms with E-state index >= 15 is 0 Å². The minimum Gasteiger partial charge on any atom is -0.435 e. The number of aryl methyl sites for hydroxylation is 1. The molecule has 0 heterocycles. The van der Waals surface area contributed by atoms with Crippen LogP contribution in [0.3, 0.4) is 0 Å². The predicted molar refractivity (Wildman–Crippen MR) is 57.9 cm³/mol. The Morgan fingerprint density at radius 2 is 2.00 bits per heavy atom. The van der Waals surface area contributed by atoms with Crippen LogP contribution in [-0.2, 0) is 5.41 Å². The second-order valence-electron chi connectivity index (χ2n) is 4.40. The topological polar surface area (TPSA) is 29.5 Å². The SMILES string of the molecule is Cc1ccc(C(C)(C)CO)cc1OC(F)F. The highest BCUT2D eigenvalue weighted by molar-refractivity contribution is 5.39. The average Bonchev–Trinajstić information content (AvgIpc) is 2.20. The Hall–Kier alpha value is -1.16. The summed E-state index contributed by atoms with van der Waals surface area (Å²) in [6, 6.07) is 5.08. The molecule has 0 saturated carbocycles. The lowest BCUT2D eigenvalue weighted by molar-refractivity contribution is -0.0503. The van der Waals surface area contributed by atoms with Gasteiger partial charge < -0.3 is 9.84 Å². The van der Waals surface area contributed by atoms with Crippen LogP contribution in [0.15, 0.2) is 18.2 Å². The molecule has 1 N–H and O–H groups in total. The molecule has 2 nitrogen and oxygen atoms in total. The molecular weight excluding hydrogens is 214 g/mol. The van der Waals surface area contributed by atoms with Crippen molar-refractivity contribution >= 4 is 0 Å². The highest BCUT2D eigenvalue weighted by Gasteiger charge is 2.21. The fraction of sp³-hybridized carbons (Fsp3) is 0.500. The minimum absolute atomic E-state index is 0.0514. The lowest BCUT2D eigenvalue weighted by atomic mass is 9.85. The Morgan fingerprint density at radius 1 is 1.38 bits per heavy atom. The standard InChI is InChI=1S/C12H16F2O2/c1-8-4-5-9(12(2,3)7-15)6-10(8)16-11(13)14/h4-6,11,15H,7H2,1-3H3. The van der Waals surface area contributed by atoms with Crippen LogP contribution in [0.2, 0.25) is 0 Å². The number of halogens is 2. The van der Waals surface area contributed by atoms with Gasteiger partial charge in [-0.25, -0.2) is 0 Å². The van der Waals surface area contributed by atoms with Crippen molar-refractivity contribution in [3.63, 3.8) is 0 Å². The predicted octanol–water partition coefficient (Wildman–Crippen LogP) is 2.87. The van der Waals surface area contributed by atoms with E-state index in [4.69, 9.17) is 0 Å².